The van der Waals surface area contributed by atoms with Gasteiger partial charge in [-0.2, -0.15) is 0 Å². The minimum absolute atomic E-state index is 0.0694. The Hall–Kier alpha value is -0.900. The molecule has 0 spiro atoms. The van der Waals surface area contributed by atoms with Crippen LogP contribution in [0, 0.1) is 5.92 Å². The molecule has 20 heavy (non-hydrogen) atoms. The van der Waals surface area contributed by atoms with Gasteiger partial charge in [-0.05, 0) is 30.0 Å². The van der Waals surface area contributed by atoms with Gasteiger partial charge < -0.3 is 10.5 Å². The standard InChI is InChI=1S/C17H30N2O/c1-5-19(10-11-20-4)13-17(18)16-8-6-15(7-9-16)12-14(2)3/h6-9,14,17H,5,10-13,18H2,1-4H3. The van der Waals surface area contributed by atoms with E-state index in [4.69, 9.17) is 10.5 Å². The molecule has 0 saturated carbocycles. The number of benzene rings is 1. The highest BCUT2D eigenvalue weighted by Gasteiger charge is 2.11. The van der Waals surface area contributed by atoms with Gasteiger partial charge in [-0.15, -0.1) is 0 Å². The second kappa shape index (κ2) is 9.11. The van der Waals surface area contributed by atoms with Crippen LogP contribution in [-0.4, -0.2) is 38.3 Å². The normalized spacial score (nSPS) is 13.2. The number of methoxy groups -OCH3 is 1. The molecule has 2 N–H and O–H groups in total. The van der Waals surface area contributed by atoms with E-state index in [9.17, 15) is 0 Å². The Morgan fingerprint density at radius 3 is 2.35 bits per heavy atom. The average molecular weight is 278 g/mol. The second-order valence-corrected chi connectivity index (χ2v) is 5.83. The first-order valence-electron chi connectivity index (χ1n) is 7.62. The molecular weight excluding hydrogens is 248 g/mol. The maximum atomic E-state index is 6.31. The van der Waals surface area contributed by atoms with Crippen LogP contribution in [0.1, 0.15) is 37.9 Å². The topological polar surface area (TPSA) is 38.5 Å². The number of nitrogens with two attached hydrogens (primary N) is 1. The average Bonchev–Trinajstić information content (AvgIpc) is 2.43. The molecule has 1 rings (SSSR count). The van der Waals surface area contributed by atoms with Crippen LogP contribution in [0.3, 0.4) is 0 Å². The predicted molar refractivity (Wildman–Crippen MR) is 85.9 cm³/mol. The van der Waals surface area contributed by atoms with Crippen molar-refractivity contribution in [3.63, 3.8) is 0 Å². The Labute approximate surface area is 124 Å². The van der Waals surface area contributed by atoms with Crippen molar-refractivity contribution in [1.29, 1.82) is 0 Å². The SMILES string of the molecule is CCN(CCOC)CC(N)c1ccc(CC(C)C)cc1. The summed E-state index contributed by atoms with van der Waals surface area (Å²) in [6, 6.07) is 8.83. The molecular formula is C17H30N2O. The molecule has 1 atom stereocenters. The zero-order valence-corrected chi connectivity index (χ0v) is 13.4. The molecule has 1 aromatic rings. The van der Waals surface area contributed by atoms with E-state index >= 15 is 0 Å². The Kier molecular flexibility index (Phi) is 7.82. The first kappa shape index (κ1) is 17.2. The van der Waals surface area contributed by atoms with Crippen molar-refractivity contribution in [2.24, 2.45) is 11.7 Å². The number of hydrogen-bond acceptors (Lipinski definition) is 3. The summed E-state index contributed by atoms with van der Waals surface area (Å²) in [6.45, 7) is 10.2. The molecule has 0 heterocycles. The molecule has 0 fully saturated rings. The van der Waals surface area contributed by atoms with Gasteiger partial charge in [0.05, 0.1) is 6.61 Å². The summed E-state index contributed by atoms with van der Waals surface area (Å²) in [5.41, 5.74) is 8.92. The second-order valence-electron chi connectivity index (χ2n) is 5.83. The lowest BCUT2D eigenvalue weighted by molar-refractivity contribution is 0.147. The summed E-state index contributed by atoms with van der Waals surface area (Å²) in [6.07, 6.45) is 1.13. The van der Waals surface area contributed by atoms with Gasteiger partial charge in [0.25, 0.3) is 0 Å². The van der Waals surface area contributed by atoms with Gasteiger partial charge in [0.15, 0.2) is 0 Å². The van der Waals surface area contributed by atoms with E-state index in [1.807, 2.05) is 0 Å². The van der Waals surface area contributed by atoms with E-state index in [0.29, 0.717) is 5.92 Å². The third-order valence-corrected chi connectivity index (χ3v) is 3.57. The summed E-state index contributed by atoms with van der Waals surface area (Å²) in [5.74, 6) is 0.694. The van der Waals surface area contributed by atoms with Gasteiger partial charge >= 0.3 is 0 Å². The van der Waals surface area contributed by atoms with Gasteiger partial charge in [0.2, 0.25) is 0 Å². The number of rotatable bonds is 9. The molecule has 0 amide bonds. The van der Waals surface area contributed by atoms with E-state index in [-0.39, 0.29) is 6.04 Å². The van der Waals surface area contributed by atoms with Gasteiger partial charge in [-0.3, -0.25) is 4.90 Å². The molecule has 0 aliphatic rings. The summed E-state index contributed by atoms with van der Waals surface area (Å²) < 4.78 is 5.13. The maximum absolute atomic E-state index is 6.31. The highest BCUT2D eigenvalue weighted by molar-refractivity contribution is 5.25. The van der Waals surface area contributed by atoms with Gasteiger partial charge in [0, 0.05) is 26.2 Å². The van der Waals surface area contributed by atoms with Crippen LogP contribution in [0.25, 0.3) is 0 Å². The van der Waals surface area contributed by atoms with Crippen LogP contribution in [0.2, 0.25) is 0 Å². The van der Waals surface area contributed by atoms with Crippen LogP contribution in [-0.2, 0) is 11.2 Å². The fourth-order valence-corrected chi connectivity index (χ4v) is 2.35. The number of nitrogens with zero attached hydrogens (tertiary/aromatic N) is 1. The molecule has 0 aliphatic heterocycles. The van der Waals surface area contributed by atoms with E-state index in [2.05, 4.69) is 49.9 Å². The molecule has 3 nitrogen and oxygen atoms in total. The minimum Gasteiger partial charge on any atom is -0.383 e. The minimum atomic E-state index is 0.0694. The fourth-order valence-electron chi connectivity index (χ4n) is 2.35. The molecule has 0 aliphatic carbocycles. The summed E-state index contributed by atoms with van der Waals surface area (Å²) >= 11 is 0. The molecule has 1 aromatic carbocycles. The van der Waals surface area contributed by atoms with E-state index in [1.54, 1.807) is 7.11 Å². The first-order valence-corrected chi connectivity index (χ1v) is 7.62. The molecule has 0 saturated heterocycles. The largest absolute Gasteiger partial charge is 0.383 e. The zero-order valence-electron chi connectivity index (χ0n) is 13.4. The van der Waals surface area contributed by atoms with Gasteiger partial charge in [-0.1, -0.05) is 45.0 Å². The van der Waals surface area contributed by atoms with Gasteiger partial charge in [0.1, 0.15) is 0 Å². The van der Waals surface area contributed by atoms with Crippen molar-refractivity contribution in [3.05, 3.63) is 35.4 Å². The first-order chi connectivity index (χ1) is 9.56. The smallest absolute Gasteiger partial charge is 0.0589 e. The summed E-state index contributed by atoms with van der Waals surface area (Å²) in [4.78, 5) is 2.33. The quantitative estimate of drug-likeness (QED) is 0.755. The maximum Gasteiger partial charge on any atom is 0.0589 e. The molecule has 114 valence electrons. The Balaban J connectivity index is 2.55. The number of hydrogen-bond donors (Lipinski definition) is 1. The number of ether oxygens (including phenoxy) is 1. The predicted octanol–water partition coefficient (Wildman–Crippen LogP) is 2.85. The lowest BCUT2D eigenvalue weighted by Crippen LogP contribution is -2.34. The van der Waals surface area contributed by atoms with Crippen molar-refractivity contribution in [2.75, 3.05) is 33.4 Å². The van der Waals surface area contributed by atoms with Crippen molar-refractivity contribution < 1.29 is 4.74 Å². The van der Waals surface area contributed by atoms with Crippen LogP contribution >= 0.6 is 0 Å². The highest BCUT2D eigenvalue weighted by Crippen LogP contribution is 2.15. The van der Waals surface area contributed by atoms with Crippen molar-refractivity contribution in [3.8, 4) is 0 Å². The molecule has 0 radical (unpaired) electrons. The third-order valence-electron chi connectivity index (χ3n) is 3.57. The fraction of sp³-hybridized carbons (Fsp3) is 0.647. The van der Waals surface area contributed by atoms with Crippen LogP contribution in [0.15, 0.2) is 24.3 Å². The van der Waals surface area contributed by atoms with Crippen LogP contribution < -0.4 is 5.73 Å². The highest BCUT2D eigenvalue weighted by atomic mass is 16.5. The summed E-state index contributed by atoms with van der Waals surface area (Å²) in [5, 5.41) is 0. The van der Waals surface area contributed by atoms with Crippen LogP contribution in [0.5, 0.6) is 0 Å². The summed E-state index contributed by atoms with van der Waals surface area (Å²) in [7, 11) is 1.74. The Bertz CT molecular complexity index is 362. The molecule has 1 unspecified atom stereocenters. The van der Waals surface area contributed by atoms with Gasteiger partial charge in [-0.25, -0.2) is 0 Å². The van der Waals surface area contributed by atoms with E-state index in [1.165, 1.54) is 11.1 Å². The third kappa shape index (κ3) is 6.04. The molecule has 0 bridgehead atoms. The van der Waals surface area contributed by atoms with Crippen molar-refractivity contribution in [2.45, 2.75) is 33.2 Å². The van der Waals surface area contributed by atoms with Crippen molar-refractivity contribution >= 4 is 0 Å². The van der Waals surface area contributed by atoms with Crippen LogP contribution in [0.4, 0.5) is 0 Å². The molecule has 3 heteroatoms. The lowest BCUT2D eigenvalue weighted by atomic mass is 9.99. The Morgan fingerprint density at radius 1 is 1.20 bits per heavy atom. The molecule has 0 aromatic heterocycles. The number of likely N-dealkylation sites (N-methyl/N-ethyl adjacent to an activating group) is 1. The van der Waals surface area contributed by atoms with Crippen molar-refractivity contribution in [1.82, 2.24) is 4.90 Å². The lowest BCUT2D eigenvalue weighted by Gasteiger charge is -2.24. The Morgan fingerprint density at radius 2 is 1.85 bits per heavy atom. The zero-order chi connectivity index (χ0) is 15.0. The van der Waals surface area contributed by atoms with E-state index in [0.717, 1.165) is 32.7 Å². The van der Waals surface area contributed by atoms with E-state index < -0.39 is 0 Å². The monoisotopic (exact) mass is 278 g/mol.